The molecule has 0 saturated heterocycles. The number of benzene rings is 2. The number of aromatic nitrogens is 2. The molecule has 26 heavy (non-hydrogen) atoms. The summed E-state index contributed by atoms with van der Waals surface area (Å²) in [6, 6.07) is 16.4. The summed E-state index contributed by atoms with van der Waals surface area (Å²) in [5.74, 6) is 0.966. The maximum absolute atomic E-state index is 6.23. The lowest BCUT2D eigenvalue weighted by molar-refractivity contribution is 0.998. The minimum atomic E-state index is 0.247. The SMILES string of the molecule is CCc1ccc(CCNc2cc(-c3cccc(Cl)c3C)nc(N)n2)cc1. The quantitative estimate of drug-likeness (QED) is 0.651. The summed E-state index contributed by atoms with van der Waals surface area (Å²) in [7, 11) is 0. The first-order valence-electron chi connectivity index (χ1n) is 8.78. The number of anilines is 2. The zero-order valence-corrected chi connectivity index (χ0v) is 15.8. The summed E-state index contributed by atoms with van der Waals surface area (Å²) in [6.45, 7) is 4.91. The summed E-state index contributed by atoms with van der Waals surface area (Å²) >= 11 is 6.23. The first-order valence-corrected chi connectivity index (χ1v) is 9.16. The van der Waals surface area contributed by atoms with Crippen molar-refractivity contribution >= 4 is 23.4 Å². The molecule has 0 aliphatic rings. The molecule has 0 atom stereocenters. The fraction of sp³-hybridized carbons (Fsp3) is 0.238. The van der Waals surface area contributed by atoms with Crippen molar-refractivity contribution < 1.29 is 0 Å². The molecule has 0 aliphatic carbocycles. The van der Waals surface area contributed by atoms with Gasteiger partial charge in [-0.1, -0.05) is 54.9 Å². The van der Waals surface area contributed by atoms with Crippen LogP contribution in [0.5, 0.6) is 0 Å². The zero-order valence-electron chi connectivity index (χ0n) is 15.1. The molecule has 4 nitrogen and oxygen atoms in total. The monoisotopic (exact) mass is 366 g/mol. The molecular formula is C21H23ClN4. The predicted octanol–water partition coefficient (Wildman–Crippen LogP) is 4.90. The maximum Gasteiger partial charge on any atom is 0.222 e. The van der Waals surface area contributed by atoms with Crippen LogP contribution in [0.3, 0.4) is 0 Å². The van der Waals surface area contributed by atoms with Crippen LogP contribution < -0.4 is 11.1 Å². The van der Waals surface area contributed by atoms with Gasteiger partial charge in [-0.15, -0.1) is 0 Å². The lowest BCUT2D eigenvalue weighted by Gasteiger charge is -2.11. The molecule has 0 amide bonds. The lowest BCUT2D eigenvalue weighted by Crippen LogP contribution is -2.08. The molecule has 3 aromatic rings. The molecule has 3 rings (SSSR count). The summed E-state index contributed by atoms with van der Waals surface area (Å²) in [5.41, 5.74) is 11.3. The second-order valence-electron chi connectivity index (χ2n) is 6.26. The van der Waals surface area contributed by atoms with Gasteiger partial charge < -0.3 is 11.1 Å². The van der Waals surface area contributed by atoms with E-state index in [1.807, 2.05) is 31.2 Å². The van der Waals surface area contributed by atoms with Crippen LogP contribution in [-0.4, -0.2) is 16.5 Å². The average Bonchev–Trinajstić information content (AvgIpc) is 2.64. The molecule has 0 aliphatic heterocycles. The molecule has 2 aromatic carbocycles. The van der Waals surface area contributed by atoms with Gasteiger partial charge in [0.2, 0.25) is 5.95 Å². The number of nitrogens with zero attached hydrogens (tertiary/aromatic N) is 2. The first-order chi connectivity index (χ1) is 12.6. The molecule has 5 heteroatoms. The topological polar surface area (TPSA) is 63.8 Å². The molecule has 1 aromatic heterocycles. The van der Waals surface area contributed by atoms with Crippen molar-refractivity contribution in [2.45, 2.75) is 26.7 Å². The van der Waals surface area contributed by atoms with Crippen LogP contribution in [0, 0.1) is 6.92 Å². The number of nitrogen functional groups attached to an aromatic ring is 1. The summed E-state index contributed by atoms with van der Waals surface area (Å²) in [6.07, 6.45) is 1.98. The van der Waals surface area contributed by atoms with Crippen molar-refractivity contribution in [2.75, 3.05) is 17.6 Å². The minimum Gasteiger partial charge on any atom is -0.370 e. The van der Waals surface area contributed by atoms with Crippen LogP contribution in [0.25, 0.3) is 11.3 Å². The van der Waals surface area contributed by atoms with Gasteiger partial charge in [0.05, 0.1) is 5.69 Å². The number of nitrogens with two attached hydrogens (primary N) is 1. The third-order valence-electron chi connectivity index (χ3n) is 4.44. The highest BCUT2D eigenvalue weighted by Crippen LogP contribution is 2.28. The van der Waals surface area contributed by atoms with Gasteiger partial charge in [0.15, 0.2) is 0 Å². The van der Waals surface area contributed by atoms with Crippen LogP contribution in [0.4, 0.5) is 11.8 Å². The van der Waals surface area contributed by atoms with Crippen molar-refractivity contribution in [1.29, 1.82) is 0 Å². The van der Waals surface area contributed by atoms with E-state index in [0.717, 1.165) is 42.0 Å². The number of nitrogens with one attached hydrogen (secondary N) is 1. The Morgan fingerprint density at radius 1 is 1.04 bits per heavy atom. The fourth-order valence-electron chi connectivity index (χ4n) is 2.86. The molecule has 0 fully saturated rings. The van der Waals surface area contributed by atoms with E-state index in [9.17, 15) is 0 Å². The van der Waals surface area contributed by atoms with Gasteiger partial charge in [-0.25, -0.2) is 4.98 Å². The second kappa shape index (κ2) is 8.19. The van der Waals surface area contributed by atoms with Crippen LogP contribution in [-0.2, 0) is 12.8 Å². The van der Waals surface area contributed by atoms with Crippen molar-refractivity contribution in [3.05, 3.63) is 70.2 Å². The number of aryl methyl sites for hydroxylation is 1. The molecule has 0 bridgehead atoms. The van der Waals surface area contributed by atoms with E-state index in [1.165, 1.54) is 11.1 Å². The summed E-state index contributed by atoms with van der Waals surface area (Å²) in [4.78, 5) is 8.65. The van der Waals surface area contributed by atoms with Crippen LogP contribution >= 0.6 is 11.6 Å². The Hall–Kier alpha value is -2.59. The Labute approximate surface area is 159 Å². The molecule has 134 valence electrons. The van der Waals surface area contributed by atoms with E-state index in [0.29, 0.717) is 5.02 Å². The van der Waals surface area contributed by atoms with Crippen molar-refractivity contribution in [3.63, 3.8) is 0 Å². The Balaban J connectivity index is 1.72. The van der Waals surface area contributed by atoms with Crippen LogP contribution in [0.1, 0.15) is 23.6 Å². The Bertz CT molecular complexity index is 891. The highest BCUT2D eigenvalue weighted by Gasteiger charge is 2.09. The van der Waals surface area contributed by atoms with Crippen molar-refractivity contribution in [2.24, 2.45) is 0 Å². The van der Waals surface area contributed by atoms with E-state index in [-0.39, 0.29) is 5.95 Å². The van der Waals surface area contributed by atoms with Gasteiger partial charge in [-0.3, -0.25) is 0 Å². The maximum atomic E-state index is 6.23. The molecule has 0 unspecified atom stereocenters. The van der Waals surface area contributed by atoms with E-state index >= 15 is 0 Å². The van der Waals surface area contributed by atoms with Crippen LogP contribution in [0.2, 0.25) is 5.02 Å². The third kappa shape index (κ3) is 4.33. The highest BCUT2D eigenvalue weighted by molar-refractivity contribution is 6.31. The Morgan fingerprint density at radius 3 is 2.50 bits per heavy atom. The largest absolute Gasteiger partial charge is 0.370 e. The molecular weight excluding hydrogens is 344 g/mol. The fourth-order valence-corrected chi connectivity index (χ4v) is 3.03. The van der Waals surface area contributed by atoms with E-state index < -0.39 is 0 Å². The van der Waals surface area contributed by atoms with Gasteiger partial charge in [-0.2, -0.15) is 4.98 Å². The Kier molecular flexibility index (Phi) is 5.74. The molecule has 0 saturated carbocycles. The normalized spacial score (nSPS) is 10.7. The molecule has 1 heterocycles. The zero-order chi connectivity index (χ0) is 18.5. The number of rotatable bonds is 6. The van der Waals surface area contributed by atoms with Crippen molar-refractivity contribution in [1.82, 2.24) is 9.97 Å². The molecule has 3 N–H and O–H groups in total. The van der Waals surface area contributed by atoms with E-state index in [2.05, 4.69) is 46.5 Å². The smallest absolute Gasteiger partial charge is 0.222 e. The van der Waals surface area contributed by atoms with E-state index in [1.54, 1.807) is 0 Å². The Morgan fingerprint density at radius 2 is 1.77 bits per heavy atom. The predicted molar refractivity (Wildman–Crippen MR) is 110 cm³/mol. The van der Waals surface area contributed by atoms with Gasteiger partial charge in [0.1, 0.15) is 5.82 Å². The third-order valence-corrected chi connectivity index (χ3v) is 4.85. The number of halogens is 1. The van der Waals surface area contributed by atoms with E-state index in [4.69, 9.17) is 17.3 Å². The summed E-state index contributed by atoms with van der Waals surface area (Å²) in [5, 5.41) is 4.06. The number of hydrogen-bond donors (Lipinski definition) is 2. The van der Waals surface area contributed by atoms with Crippen LogP contribution in [0.15, 0.2) is 48.5 Å². The molecule has 0 spiro atoms. The van der Waals surface area contributed by atoms with Gasteiger partial charge >= 0.3 is 0 Å². The average molecular weight is 367 g/mol. The second-order valence-corrected chi connectivity index (χ2v) is 6.66. The first kappa shape index (κ1) is 18.2. The molecule has 0 radical (unpaired) electrons. The van der Waals surface area contributed by atoms with Gasteiger partial charge in [-0.05, 0) is 42.5 Å². The highest BCUT2D eigenvalue weighted by atomic mass is 35.5. The number of hydrogen-bond acceptors (Lipinski definition) is 4. The van der Waals surface area contributed by atoms with Gasteiger partial charge in [0.25, 0.3) is 0 Å². The van der Waals surface area contributed by atoms with Crippen molar-refractivity contribution in [3.8, 4) is 11.3 Å². The summed E-state index contributed by atoms with van der Waals surface area (Å²) < 4.78 is 0. The lowest BCUT2D eigenvalue weighted by atomic mass is 10.1. The van der Waals surface area contributed by atoms with Gasteiger partial charge in [0, 0.05) is 23.2 Å². The minimum absolute atomic E-state index is 0.247. The standard InChI is InChI=1S/C21H23ClN4/c1-3-15-7-9-16(10-8-15)11-12-24-20-13-19(25-21(23)26-20)17-5-4-6-18(22)14(17)2/h4-10,13H,3,11-12H2,1-2H3,(H3,23,24,25,26).